The van der Waals surface area contributed by atoms with E-state index in [-0.39, 0.29) is 6.61 Å². The molecule has 0 aliphatic carbocycles. The van der Waals surface area contributed by atoms with E-state index in [1.807, 2.05) is 13.8 Å². The van der Waals surface area contributed by atoms with Crippen molar-refractivity contribution in [1.82, 2.24) is 15.2 Å². The van der Waals surface area contributed by atoms with Crippen LogP contribution in [0.5, 0.6) is 0 Å². The first-order valence-electron chi connectivity index (χ1n) is 6.67. The van der Waals surface area contributed by atoms with Gasteiger partial charge in [-0.15, -0.1) is 0 Å². The summed E-state index contributed by atoms with van der Waals surface area (Å²) in [5.74, 6) is 5.37. The summed E-state index contributed by atoms with van der Waals surface area (Å²) in [6.07, 6.45) is -3.32. The van der Waals surface area contributed by atoms with Crippen LogP contribution in [0, 0.1) is 0 Å². The molecule has 1 aromatic rings. The van der Waals surface area contributed by atoms with Crippen LogP contribution in [0.3, 0.4) is 0 Å². The van der Waals surface area contributed by atoms with E-state index in [2.05, 4.69) is 15.3 Å². The minimum atomic E-state index is -4.35. The number of aryl methyl sites for hydroxylation is 2. The molecule has 0 aliphatic heterocycles. The fourth-order valence-electron chi connectivity index (χ4n) is 1.93. The van der Waals surface area contributed by atoms with E-state index in [1.54, 1.807) is 4.68 Å². The Morgan fingerprint density at radius 1 is 1.43 bits per heavy atom. The van der Waals surface area contributed by atoms with E-state index < -0.39 is 18.8 Å². The predicted molar refractivity (Wildman–Crippen MR) is 74.0 cm³/mol. The van der Waals surface area contributed by atoms with Gasteiger partial charge in [0, 0.05) is 13.0 Å². The molecule has 5 nitrogen and oxygen atoms in total. The van der Waals surface area contributed by atoms with E-state index in [9.17, 15) is 13.2 Å². The summed E-state index contributed by atoms with van der Waals surface area (Å²) >= 11 is 6.24. The van der Waals surface area contributed by atoms with Gasteiger partial charge in [-0.05, 0) is 13.3 Å². The number of ether oxygens (including phenoxy) is 1. The van der Waals surface area contributed by atoms with Gasteiger partial charge in [-0.1, -0.05) is 18.5 Å². The van der Waals surface area contributed by atoms with Crippen molar-refractivity contribution < 1.29 is 17.9 Å². The molecule has 0 radical (unpaired) electrons. The summed E-state index contributed by atoms with van der Waals surface area (Å²) in [6.45, 7) is 3.00. The molecule has 21 heavy (non-hydrogen) atoms. The molecule has 9 heteroatoms. The number of halogens is 4. The van der Waals surface area contributed by atoms with Crippen molar-refractivity contribution in [2.45, 2.75) is 45.5 Å². The Morgan fingerprint density at radius 2 is 2.10 bits per heavy atom. The van der Waals surface area contributed by atoms with Crippen LogP contribution in [0.15, 0.2) is 0 Å². The van der Waals surface area contributed by atoms with Crippen molar-refractivity contribution in [3.05, 3.63) is 16.4 Å². The molecule has 0 aliphatic rings. The van der Waals surface area contributed by atoms with Gasteiger partial charge in [-0.2, -0.15) is 18.3 Å². The van der Waals surface area contributed by atoms with E-state index in [0.29, 0.717) is 24.4 Å². The number of aromatic nitrogens is 2. The lowest BCUT2D eigenvalue weighted by Gasteiger charge is -2.17. The molecule has 0 aromatic carbocycles. The zero-order chi connectivity index (χ0) is 16.0. The molecule has 0 saturated carbocycles. The molecular weight excluding hydrogens is 309 g/mol. The van der Waals surface area contributed by atoms with E-state index >= 15 is 0 Å². The fourth-order valence-corrected chi connectivity index (χ4v) is 2.27. The van der Waals surface area contributed by atoms with Crippen LogP contribution in [0.2, 0.25) is 5.02 Å². The van der Waals surface area contributed by atoms with E-state index in [4.69, 9.17) is 17.4 Å². The van der Waals surface area contributed by atoms with Gasteiger partial charge in [0.1, 0.15) is 6.61 Å². The lowest BCUT2D eigenvalue weighted by atomic mass is 10.1. The van der Waals surface area contributed by atoms with E-state index in [0.717, 1.165) is 11.4 Å². The first-order valence-corrected chi connectivity index (χ1v) is 7.04. The molecule has 1 heterocycles. The number of nitrogens with one attached hydrogen (secondary N) is 1. The predicted octanol–water partition coefficient (Wildman–Crippen LogP) is 2.07. The van der Waals surface area contributed by atoms with Crippen molar-refractivity contribution in [3.63, 3.8) is 0 Å². The Bertz CT molecular complexity index is 450. The summed E-state index contributed by atoms with van der Waals surface area (Å²) < 4.78 is 42.5. The Kier molecular flexibility index (Phi) is 6.92. The number of hydrogen-bond acceptors (Lipinski definition) is 4. The molecule has 0 fully saturated rings. The lowest BCUT2D eigenvalue weighted by molar-refractivity contribution is -0.175. The van der Waals surface area contributed by atoms with Gasteiger partial charge in [0.15, 0.2) is 0 Å². The smallest absolute Gasteiger partial charge is 0.370 e. The topological polar surface area (TPSA) is 65.1 Å². The maximum Gasteiger partial charge on any atom is 0.411 e. The highest BCUT2D eigenvalue weighted by molar-refractivity contribution is 6.31. The van der Waals surface area contributed by atoms with Gasteiger partial charge in [-0.3, -0.25) is 16.0 Å². The highest BCUT2D eigenvalue weighted by Crippen LogP contribution is 2.23. The van der Waals surface area contributed by atoms with Crippen molar-refractivity contribution >= 4 is 11.6 Å². The highest BCUT2D eigenvalue weighted by atomic mass is 35.5. The van der Waals surface area contributed by atoms with Gasteiger partial charge < -0.3 is 4.74 Å². The first-order chi connectivity index (χ1) is 9.82. The van der Waals surface area contributed by atoms with Gasteiger partial charge in [0.25, 0.3) is 0 Å². The van der Waals surface area contributed by atoms with Gasteiger partial charge in [0.05, 0.1) is 29.1 Å². The maximum atomic E-state index is 12.1. The van der Waals surface area contributed by atoms with Gasteiger partial charge in [-0.25, -0.2) is 0 Å². The third-order valence-electron chi connectivity index (χ3n) is 2.95. The molecule has 3 N–H and O–H groups in total. The lowest BCUT2D eigenvalue weighted by Crippen LogP contribution is -2.41. The number of hydrazine groups is 1. The summed E-state index contributed by atoms with van der Waals surface area (Å²) in [4.78, 5) is 0. The number of nitrogens with zero attached hydrogens (tertiary/aromatic N) is 2. The summed E-state index contributed by atoms with van der Waals surface area (Å²) in [7, 11) is 0. The second-order valence-corrected chi connectivity index (χ2v) is 4.95. The Morgan fingerprint density at radius 3 is 2.57 bits per heavy atom. The SMILES string of the molecule is CCc1nn(CC)c(CC(COCC(F)(F)F)NN)c1Cl. The van der Waals surface area contributed by atoms with Crippen LogP contribution in [0.25, 0.3) is 0 Å². The van der Waals surface area contributed by atoms with Crippen molar-refractivity contribution in [2.24, 2.45) is 5.84 Å². The molecule has 0 spiro atoms. The quantitative estimate of drug-likeness (QED) is 0.566. The second-order valence-electron chi connectivity index (χ2n) is 4.57. The number of hydrogen-bond donors (Lipinski definition) is 2. The highest BCUT2D eigenvalue weighted by Gasteiger charge is 2.28. The normalized spacial score (nSPS) is 13.7. The molecule has 1 unspecified atom stereocenters. The van der Waals surface area contributed by atoms with Crippen LogP contribution < -0.4 is 11.3 Å². The van der Waals surface area contributed by atoms with Crippen molar-refractivity contribution in [3.8, 4) is 0 Å². The zero-order valence-corrected chi connectivity index (χ0v) is 12.8. The first kappa shape index (κ1) is 18.2. The van der Waals surface area contributed by atoms with Crippen LogP contribution in [-0.4, -0.2) is 35.2 Å². The summed E-state index contributed by atoms with van der Waals surface area (Å²) in [6, 6.07) is -0.475. The Balaban J connectivity index is 2.70. The molecule has 1 aromatic heterocycles. The van der Waals surface area contributed by atoms with E-state index in [1.165, 1.54) is 0 Å². The van der Waals surface area contributed by atoms with Crippen molar-refractivity contribution in [2.75, 3.05) is 13.2 Å². The largest absolute Gasteiger partial charge is 0.411 e. The molecule has 122 valence electrons. The third-order valence-corrected chi connectivity index (χ3v) is 3.39. The summed E-state index contributed by atoms with van der Waals surface area (Å²) in [5.41, 5.74) is 3.96. The monoisotopic (exact) mass is 328 g/mol. The van der Waals surface area contributed by atoms with Gasteiger partial charge >= 0.3 is 6.18 Å². The average Bonchev–Trinajstić information content (AvgIpc) is 2.72. The molecule has 0 saturated heterocycles. The number of alkyl halides is 3. The van der Waals surface area contributed by atoms with Crippen LogP contribution >= 0.6 is 11.6 Å². The molecule has 1 atom stereocenters. The third kappa shape index (κ3) is 5.46. The van der Waals surface area contributed by atoms with Crippen LogP contribution in [0.1, 0.15) is 25.2 Å². The fraction of sp³-hybridized carbons (Fsp3) is 0.750. The number of nitrogens with two attached hydrogens (primary N) is 1. The Hall–Kier alpha value is -0.830. The average molecular weight is 329 g/mol. The number of rotatable bonds is 8. The summed E-state index contributed by atoms with van der Waals surface area (Å²) in [5, 5.41) is 4.89. The zero-order valence-electron chi connectivity index (χ0n) is 12.0. The Labute approximate surface area is 126 Å². The molecule has 1 rings (SSSR count). The maximum absolute atomic E-state index is 12.1. The minimum absolute atomic E-state index is 0.164. The molecule has 0 amide bonds. The van der Waals surface area contributed by atoms with Gasteiger partial charge in [0.2, 0.25) is 0 Å². The minimum Gasteiger partial charge on any atom is -0.370 e. The standard InChI is InChI=1S/C12H20ClF3N4O/c1-3-9-11(13)10(20(4-2)19-9)5-8(18-17)6-21-7-12(14,15)16/h8,18H,3-7,17H2,1-2H3. The molecular formula is C12H20ClF3N4O. The van der Waals surface area contributed by atoms with Crippen LogP contribution in [0.4, 0.5) is 13.2 Å². The second kappa shape index (κ2) is 7.98. The van der Waals surface area contributed by atoms with Crippen LogP contribution in [-0.2, 0) is 24.1 Å². The molecule has 0 bridgehead atoms. The van der Waals surface area contributed by atoms with Crippen molar-refractivity contribution in [1.29, 1.82) is 0 Å².